The van der Waals surface area contributed by atoms with E-state index >= 15 is 0 Å². The third-order valence-electron chi connectivity index (χ3n) is 3.48. The van der Waals surface area contributed by atoms with Crippen molar-refractivity contribution in [3.8, 4) is 0 Å². The van der Waals surface area contributed by atoms with E-state index in [9.17, 15) is 4.39 Å². The summed E-state index contributed by atoms with van der Waals surface area (Å²) in [7, 11) is 1.95. The Kier molecular flexibility index (Phi) is 4.13. The molecule has 2 nitrogen and oxygen atoms in total. The van der Waals surface area contributed by atoms with E-state index in [4.69, 9.17) is 4.74 Å². The fourth-order valence-electron chi connectivity index (χ4n) is 2.52. The van der Waals surface area contributed by atoms with Gasteiger partial charge in [-0.25, -0.2) is 4.39 Å². The second-order valence-corrected chi connectivity index (χ2v) is 4.71. The van der Waals surface area contributed by atoms with Gasteiger partial charge in [-0.15, -0.1) is 0 Å². The first-order chi connectivity index (χ1) is 8.20. The Morgan fingerprint density at radius 2 is 2.35 bits per heavy atom. The lowest BCUT2D eigenvalue weighted by Crippen LogP contribution is -2.22. The molecule has 2 rings (SSSR count). The second-order valence-electron chi connectivity index (χ2n) is 4.71. The minimum Gasteiger partial charge on any atom is -0.378 e. The maximum absolute atomic E-state index is 13.1. The maximum Gasteiger partial charge on any atom is 0.123 e. The first kappa shape index (κ1) is 12.5. The first-order valence-electron chi connectivity index (χ1n) is 6.25. The number of hydrogen-bond acceptors (Lipinski definition) is 2. The van der Waals surface area contributed by atoms with E-state index < -0.39 is 0 Å². The van der Waals surface area contributed by atoms with E-state index in [1.165, 1.54) is 11.6 Å². The fraction of sp³-hybridized carbons (Fsp3) is 0.571. The number of rotatable bonds is 4. The van der Waals surface area contributed by atoms with E-state index in [1.807, 2.05) is 20.0 Å². The van der Waals surface area contributed by atoms with Gasteiger partial charge in [0.25, 0.3) is 0 Å². The van der Waals surface area contributed by atoms with E-state index in [2.05, 4.69) is 5.32 Å². The molecule has 94 valence electrons. The van der Waals surface area contributed by atoms with Crippen LogP contribution in [0.15, 0.2) is 18.2 Å². The van der Waals surface area contributed by atoms with Gasteiger partial charge in [-0.05, 0) is 56.5 Å². The molecular formula is C14H20FNO. The van der Waals surface area contributed by atoms with Crippen LogP contribution in [-0.4, -0.2) is 19.8 Å². The van der Waals surface area contributed by atoms with Gasteiger partial charge in [0, 0.05) is 12.6 Å². The van der Waals surface area contributed by atoms with Crippen molar-refractivity contribution >= 4 is 0 Å². The van der Waals surface area contributed by atoms with Gasteiger partial charge < -0.3 is 10.1 Å². The van der Waals surface area contributed by atoms with Crippen LogP contribution in [0.2, 0.25) is 0 Å². The smallest absolute Gasteiger partial charge is 0.123 e. The number of benzene rings is 1. The summed E-state index contributed by atoms with van der Waals surface area (Å²) in [5, 5.41) is 3.30. The summed E-state index contributed by atoms with van der Waals surface area (Å²) in [6, 6.07) is 5.25. The zero-order valence-electron chi connectivity index (χ0n) is 10.5. The van der Waals surface area contributed by atoms with Crippen molar-refractivity contribution in [1.82, 2.24) is 5.32 Å². The van der Waals surface area contributed by atoms with Gasteiger partial charge in [0.15, 0.2) is 0 Å². The molecule has 0 bridgehead atoms. The molecule has 0 saturated carbocycles. The van der Waals surface area contributed by atoms with Gasteiger partial charge in [-0.2, -0.15) is 0 Å². The number of ether oxygens (including phenoxy) is 1. The zero-order chi connectivity index (χ0) is 12.3. The van der Waals surface area contributed by atoms with Gasteiger partial charge in [0.05, 0.1) is 6.10 Å². The predicted octanol–water partition coefficient (Wildman–Crippen LogP) is 2.96. The van der Waals surface area contributed by atoms with Crippen molar-refractivity contribution in [2.45, 2.75) is 38.3 Å². The summed E-state index contributed by atoms with van der Waals surface area (Å²) in [4.78, 5) is 0. The van der Waals surface area contributed by atoms with Crippen LogP contribution in [0, 0.1) is 12.7 Å². The van der Waals surface area contributed by atoms with Crippen LogP contribution < -0.4 is 5.32 Å². The van der Waals surface area contributed by atoms with Crippen LogP contribution in [-0.2, 0) is 4.74 Å². The Hall–Kier alpha value is -0.930. The highest BCUT2D eigenvalue weighted by Gasteiger charge is 2.21. The monoisotopic (exact) mass is 237 g/mol. The Bertz CT molecular complexity index is 374. The molecule has 1 aromatic carbocycles. The van der Waals surface area contributed by atoms with Gasteiger partial charge in [0.2, 0.25) is 0 Å². The van der Waals surface area contributed by atoms with Crippen molar-refractivity contribution < 1.29 is 9.13 Å². The molecule has 1 aliphatic rings. The summed E-state index contributed by atoms with van der Waals surface area (Å²) >= 11 is 0. The third-order valence-corrected chi connectivity index (χ3v) is 3.48. The summed E-state index contributed by atoms with van der Waals surface area (Å²) in [6.07, 6.45) is 3.60. The Labute approximate surface area is 102 Å². The van der Waals surface area contributed by atoms with Crippen molar-refractivity contribution in [1.29, 1.82) is 0 Å². The highest BCUT2D eigenvalue weighted by molar-refractivity contribution is 5.29. The Morgan fingerprint density at radius 1 is 1.53 bits per heavy atom. The van der Waals surface area contributed by atoms with Gasteiger partial charge >= 0.3 is 0 Å². The van der Waals surface area contributed by atoms with Crippen LogP contribution in [0.25, 0.3) is 0 Å². The highest BCUT2D eigenvalue weighted by Crippen LogP contribution is 2.27. The maximum atomic E-state index is 13.1. The first-order valence-corrected chi connectivity index (χ1v) is 6.25. The fourth-order valence-corrected chi connectivity index (χ4v) is 2.52. The standard InChI is InChI=1S/C14H20FNO/c1-10-8-11(15)5-6-13(10)14(16-2)9-12-4-3-7-17-12/h5-6,8,12,14,16H,3-4,7,9H2,1-2H3. The minimum absolute atomic E-state index is 0.168. The van der Waals surface area contributed by atoms with Crippen LogP contribution in [0.3, 0.4) is 0 Å². The molecule has 17 heavy (non-hydrogen) atoms. The topological polar surface area (TPSA) is 21.3 Å². The molecule has 3 heteroatoms. The third kappa shape index (κ3) is 3.05. The summed E-state index contributed by atoms with van der Waals surface area (Å²) < 4.78 is 18.7. The molecule has 0 amide bonds. The molecule has 0 spiro atoms. The Morgan fingerprint density at radius 3 is 2.94 bits per heavy atom. The summed E-state index contributed by atoms with van der Waals surface area (Å²) in [6.45, 7) is 2.84. The lowest BCUT2D eigenvalue weighted by atomic mass is 9.95. The normalized spacial score (nSPS) is 21.7. The van der Waals surface area contributed by atoms with Crippen LogP contribution in [0.5, 0.6) is 0 Å². The molecule has 1 heterocycles. The molecule has 0 radical (unpaired) electrons. The molecule has 1 aromatic rings. The molecule has 0 aliphatic carbocycles. The number of nitrogens with one attached hydrogen (secondary N) is 1. The Balaban J connectivity index is 2.10. The number of halogens is 1. The summed E-state index contributed by atoms with van der Waals surface area (Å²) in [5.41, 5.74) is 2.17. The van der Waals surface area contributed by atoms with E-state index in [0.29, 0.717) is 6.10 Å². The van der Waals surface area contributed by atoms with Gasteiger partial charge in [-0.3, -0.25) is 0 Å². The molecule has 1 N–H and O–H groups in total. The molecule has 1 saturated heterocycles. The highest BCUT2D eigenvalue weighted by atomic mass is 19.1. The molecule has 0 aromatic heterocycles. The molecular weight excluding hydrogens is 217 g/mol. The summed E-state index contributed by atoms with van der Waals surface area (Å²) in [5.74, 6) is -0.168. The average molecular weight is 237 g/mol. The lowest BCUT2D eigenvalue weighted by Gasteiger charge is -2.22. The molecule has 2 atom stereocenters. The SMILES string of the molecule is CNC(CC1CCCO1)c1ccc(F)cc1C. The van der Waals surface area contributed by atoms with Crippen molar-refractivity contribution in [3.63, 3.8) is 0 Å². The number of aryl methyl sites for hydroxylation is 1. The zero-order valence-corrected chi connectivity index (χ0v) is 10.5. The molecule has 2 unspecified atom stereocenters. The van der Waals surface area contributed by atoms with Crippen LogP contribution in [0.4, 0.5) is 4.39 Å². The predicted molar refractivity (Wildman–Crippen MR) is 66.5 cm³/mol. The average Bonchev–Trinajstić information content (AvgIpc) is 2.79. The van der Waals surface area contributed by atoms with Crippen LogP contribution in [0.1, 0.15) is 36.4 Å². The second kappa shape index (κ2) is 5.61. The van der Waals surface area contributed by atoms with Gasteiger partial charge in [-0.1, -0.05) is 6.07 Å². The molecule has 1 aliphatic heterocycles. The van der Waals surface area contributed by atoms with E-state index in [1.54, 1.807) is 6.07 Å². The van der Waals surface area contributed by atoms with Crippen molar-refractivity contribution in [2.24, 2.45) is 0 Å². The minimum atomic E-state index is -0.168. The van der Waals surface area contributed by atoms with Crippen LogP contribution >= 0.6 is 0 Å². The number of hydrogen-bond donors (Lipinski definition) is 1. The van der Waals surface area contributed by atoms with E-state index in [-0.39, 0.29) is 11.9 Å². The van der Waals surface area contributed by atoms with Crippen molar-refractivity contribution in [2.75, 3.05) is 13.7 Å². The molecule has 1 fully saturated rings. The van der Waals surface area contributed by atoms with Crippen molar-refractivity contribution in [3.05, 3.63) is 35.1 Å². The lowest BCUT2D eigenvalue weighted by molar-refractivity contribution is 0.0953. The largest absolute Gasteiger partial charge is 0.378 e. The van der Waals surface area contributed by atoms with E-state index in [0.717, 1.165) is 31.4 Å². The van der Waals surface area contributed by atoms with Gasteiger partial charge in [0.1, 0.15) is 5.82 Å². The quantitative estimate of drug-likeness (QED) is 0.869.